The summed E-state index contributed by atoms with van der Waals surface area (Å²) in [6.45, 7) is 11.0. The highest BCUT2D eigenvalue weighted by Gasteiger charge is 2.33. The van der Waals surface area contributed by atoms with E-state index in [0.29, 0.717) is 6.04 Å². The van der Waals surface area contributed by atoms with Gasteiger partial charge in [-0.15, -0.1) is 0 Å². The van der Waals surface area contributed by atoms with Gasteiger partial charge in [0.1, 0.15) is 0 Å². The maximum atomic E-state index is 6.40. The number of nitrogens with zero attached hydrogens (tertiary/aromatic N) is 1. The van der Waals surface area contributed by atoms with E-state index in [1.165, 1.54) is 51.7 Å². The lowest BCUT2D eigenvalue weighted by atomic mass is 9.72. The second-order valence-corrected chi connectivity index (χ2v) is 7.03. The Hall–Kier alpha value is -0.0800. The number of piperidine rings is 1. The maximum Gasteiger partial charge on any atom is 0.00844 e. The van der Waals surface area contributed by atoms with Crippen LogP contribution in [0.15, 0.2) is 0 Å². The lowest BCUT2D eigenvalue weighted by molar-refractivity contribution is 0.0940. The van der Waals surface area contributed by atoms with Gasteiger partial charge in [-0.1, -0.05) is 27.2 Å². The molecule has 0 radical (unpaired) electrons. The highest BCUT2D eigenvalue weighted by atomic mass is 15.1. The van der Waals surface area contributed by atoms with E-state index in [2.05, 4.69) is 25.7 Å². The van der Waals surface area contributed by atoms with E-state index in [-0.39, 0.29) is 0 Å². The first-order chi connectivity index (χ1) is 8.60. The van der Waals surface area contributed by atoms with Gasteiger partial charge in [0.25, 0.3) is 0 Å². The fourth-order valence-corrected chi connectivity index (χ4v) is 4.16. The van der Waals surface area contributed by atoms with Crippen molar-refractivity contribution in [1.82, 2.24) is 4.90 Å². The van der Waals surface area contributed by atoms with Crippen LogP contribution in [0.25, 0.3) is 0 Å². The van der Waals surface area contributed by atoms with Gasteiger partial charge in [-0.25, -0.2) is 0 Å². The van der Waals surface area contributed by atoms with E-state index in [0.717, 1.165) is 23.7 Å². The fourth-order valence-electron chi connectivity index (χ4n) is 4.16. The maximum absolute atomic E-state index is 6.40. The highest BCUT2D eigenvalue weighted by molar-refractivity contribution is 4.88. The summed E-state index contributed by atoms with van der Waals surface area (Å²) in [6.07, 6.45) is 6.79. The summed E-state index contributed by atoms with van der Waals surface area (Å²) >= 11 is 0. The highest BCUT2D eigenvalue weighted by Crippen LogP contribution is 2.34. The van der Waals surface area contributed by atoms with Crippen molar-refractivity contribution in [3.8, 4) is 0 Å². The standard InChI is InChI=1S/C16H32N2/c1-4-14-5-7-18(8-6-14)11-15-13(3)9-12(2)10-16(15)17/h12-16H,4-11,17H2,1-3H3. The van der Waals surface area contributed by atoms with Crippen LogP contribution in [-0.4, -0.2) is 30.6 Å². The van der Waals surface area contributed by atoms with E-state index in [4.69, 9.17) is 5.73 Å². The molecule has 4 unspecified atom stereocenters. The Morgan fingerprint density at radius 2 is 1.78 bits per heavy atom. The fraction of sp³-hybridized carbons (Fsp3) is 1.00. The second-order valence-electron chi connectivity index (χ2n) is 7.03. The smallest absolute Gasteiger partial charge is 0.00844 e. The number of nitrogens with two attached hydrogens (primary N) is 1. The van der Waals surface area contributed by atoms with Crippen LogP contribution in [-0.2, 0) is 0 Å². The summed E-state index contributed by atoms with van der Waals surface area (Å²) in [5.41, 5.74) is 6.40. The summed E-state index contributed by atoms with van der Waals surface area (Å²) in [4.78, 5) is 2.68. The SMILES string of the molecule is CCC1CCN(CC2C(C)CC(C)CC2N)CC1. The van der Waals surface area contributed by atoms with Gasteiger partial charge in [0.05, 0.1) is 0 Å². The average Bonchev–Trinajstić information content (AvgIpc) is 2.34. The zero-order chi connectivity index (χ0) is 13.1. The van der Waals surface area contributed by atoms with Gasteiger partial charge in [-0.05, 0) is 62.4 Å². The van der Waals surface area contributed by atoms with Crippen LogP contribution >= 0.6 is 0 Å². The summed E-state index contributed by atoms with van der Waals surface area (Å²) in [6, 6.07) is 0.438. The molecule has 1 saturated carbocycles. The molecule has 18 heavy (non-hydrogen) atoms. The van der Waals surface area contributed by atoms with Gasteiger partial charge >= 0.3 is 0 Å². The van der Waals surface area contributed by atoms with Gasteiger partial charge in [0.15, 0.2) is 0 Å². The lowest BCUT2D eigenvalue weighted by Crippen LogP contribution is -2.48. The van der Waals surface area contributed by atoms with Crippen LogP contribution < -0.4 is 5.73 Å². The topological polar surface area (TPSA) is 29.3 Å². The van der Waals surface area contributed by atoms with Crippen molar-refractivity contribution in [3.63, 3.8) is 0 Å². The summed E-state index contributed by atoms with van der Waals surface area (Å²) < 4.78 is 0. The predicted octanol–water partition coefficient (Wildman–Crippen LogP) is 3.12. The molecule has 2 heteroatoms. The van der Waals surface area contributed by atoms with E-state index >= 15 is 0 Å². The molecule has 2 nitrogen and oxygen atoms in total. The van der Waals surface area contributed by atoms with Crippen LogP contribution in [0.3, 0.4) is 0 Å². The Balaban J connectivity index is 1.82. The van der Waals surface area contributed by atoms with Crippen LogP contribution in [0.1, 0.15) is 52.9 Å². The van der Waals surface area contributed by atoms with Gasteiger partial charge in [0, 0.05) is 12.6 Å². The molecule has 2 aliphatic rings. The zero-order valence-electron chi connectivity index (χ0n) is 12.6. The Morgan fingerprint density at radius 3 is 2.33 bits per heavy atom. The Morgan fingerprint density at radius 1 is 1.11 bits per heavy atom. The molecule has 0 amide bonds. The Labute approximate surface area is 113 Å². The van der Waals surface area contributed by atoms with Gasteiger partial charge in [-0.2, -0.15) is 0 Å². The van der Waals surface area contributed by atoms with Crippen molar-refractivity contribution in [2.45, 2.75) is 58.9 Å². The van der Waals surface area contributed by atoms with E-state index in [1.807, 2.05) is 0 Å². The molecule has 1 saturated heterocycles. The molecule has 0 bridgehead atoms. The number of hydrogen-bond acceptors (Lipinski definition) is 2. The summed E-state index contributed by atoms with van der Waals surface area (Å²) in [7, 11) is 0. The molecule has 0 aromatic rings. The van der Waals surface area contributed by atoms with E-state index < -0.39 is 0 Å². The first-order valence-electron chi connectivity index (χ1n) is 8.08. The van der Waals surface area contributed by atoms with Crippen molar-refractivity contribution in [2.75, 3.05) is 19.6 Å². The molecule has 2 fully saturated rings. The van der Waals surface area contributed by atoms with Crippen LogP contribution in [0.2, 0.25) is 0 Å². The second kappa shape index (κ2) is 6.38. The van der Waals surface area contributed by atoms with Crippen LogP contribution in [0.4, 0.5) is 0 Å². The molecular formula is C16H32N2. The largest absolute Gasteiger partial charge is 0.327 e. The quantitative estimate of drug-likeness (QED) is 0.836. The molecule has 1 aliphatic carbocycles. The summed E-state index contributed by atoms with van der Waals surface area (Å²) in [5.74, 6) is 3.36. The van der Waals surface area contributed by atoms with Gasteiger partial charge < -0.3 is 10.6 Å². The first-order valence-corrected chi connectivity index (χ1v) is 8.08. The first kappa shape index (κ1) is 14.3. The molecular weight excluding hydrogens is 220 g/mol. The molecule has 2 rings (SSSR count). The van der Waals surface area contributed by atoms with Crippen molar-refractivity contribution in [3.05, 3.63) is 0 Å². The molecule has 2 N–H and O–H groups in total. The Kier molecular flexibility index (Phi) is 5.08. The Bertz CT molecular complexity index is 233. The molecule has 0 spiro atoms. The number of rotatable bonds is 3. The van der Waals surface area contributed by atoms with Gasteiger partial charge in [0.2, 0.25) is 0 Å². The predicted molar refractivity (Wildman–Crippen MR) is 78.5 cm³/mol. The minimum absolute atomic E-state index is 0.438. The monoisotopic (exact) mass is 252 g/mol. The average molecular weight is 252 g/mol. The lowest BCUT2D eigenvalue weighted by Gasteiger charge is -2.42. The molecule has 106 valence electrons. The molecule has 1 heterocycles. The molecule has 4 atom stereocenters. The van der Waals surface area contributed by atoms with E-state index in [1.54, 1.807) is 0 Å². The van der Waals surface area contributed by atoms with Crippen molar-refractivity contribution < 1.29 is 0 Å². The molecule has 0 aromatic heterocycles. The molecule has 1 aliphatic heterocycles. The third-order valence-electron chi connectivity index (χ3n) is 5.48. The van der Waals surface area contributed by atoms with Crippen LogP contribution in [0.5, 0.6) is 0 Å². The normalized spacial score (nSPS) is 40.0. The van der Waals surface area contributed by atoms with Crippen LogP contribution in [0, 0.1) is 23.7 Å². The minimum atomic E-state index is 0.438. The third kappa shape index (κ3) is 3.48. The number of likely N-dealkylation sites (tertiary alicyclic amines) is 1. The van der Waals surface area contributed by atoms with Gasteiger partial charge in [-0.3, -0.25) is 0 Å². The number of hydrogen-bond donors (Lipinski definition) is 1. The van der Waals surface area contributed by atoms with Crippen molar-refractivity contribution >= 4 is 0 Å². The van der Waals surface area contributed by atoms with Crippen molar-refractivity contribution in [2.24, 2.45) is 29.4 Å². The zero-order valence-corrected chi connectivity index (χ0v) is 12.6. The molecule has 0 aromatic carbocycles. The summed E-state index contributed by atoms with van der Waals surface area (Å²) in [5, 5.41) is 0. The van der Waals surface area contributed by atoms with E-state index in [9.17, 15) is 0 Å². The third-order valence-corrected chi connectivity index (χ3v) is 5.48. The van der Waals surface area contributed by atoms with Crippen molar-refractivity contribution in [1.29, 1.82) is 0 Å². The minimum Gasteiger partial charge on any atom is -0.327 e.